The SMILES string of the molecule is Nc1c(NCC2CCCO2)ccc2scnc12. The van der Waals surface area contributed by atoms with Crippen LogP contribution in [-0.4, -0.2) is 24.2 Å². The third-order valence-corrected chi connectivity index (χ3v) is 3.88. The van der Waals surface area contributed by atoms with Gasteiger partial charge in [0.2, 0.25) is 0 Å². The second-order valence-electron chi connectivity index (χ2n) is 4.24. The van der Waals surface area contributed by atoms with Gasteiger partial charge in [-0.3, -0.25) is 0 Å². The summed E-state index contributed by atoms with van der Waals surface area (Å²) in [6.07, 6.45) is 2.61. The maximum atomic E-state index is 6.09. The number of benzene rings is 1. The van der Waals surface area contributed by atoms with Crippen LogP contribution in [0.5, 0.6) is 0 Å². The number of nitrogen functional groups attached to an aromatic ring is 1. The Labute approximate surface area is 104 Å². The van der Waals surface area contributed by atoms with Gasteiger partial charge in [0.15, 0.2) is 0 Å². The number of ether oxygens (including phenoxy) is 1. The molecule has 3 rings (SSSR count). The molecule has 0 radical (unpaired) electrons. The lowest BCUT2D eigenvalue weighted by Crippen LogP contribution is -2.18. The van der Waals surface area contributed by atoms with Gasteiger partial charge in [0.1, 0.15) is 5.52 Å². The highest BCUT2D eigenvalue weighted by Gasteiger charge is 2.15. The van der Waals surface area contributed by atoms with Gasteiger partial charge >= 0.3 is 0 Å². The van der Waals surface area contributed by atoms with Crippen LogP contribution < -0.4 is 11.1 Å². The second kappa shape index (κ2) is 4.50. The van der Waals surface area contributed by atoms with Gasteiger partial charge in [-0.05, 0) is 25.0 Å². The Balaban J connectivity index is 1.77. The van der Waals surface area contributed by atoms with Crippen LogP contribution >= 0.6 is 11.3 Å². The van der Waals surface area contributed by atoms with Crippen LogP contribution in [0, 0.1) is 0 Å². The van der Waals surface area contributed by atoms with Crippen LogP contribution in [0.4, 0.5) is 11.4 Å². The third-order valence-electron chi connectivity index (χ3n) is 3.09. The third kappa shape index (κ3) is 2.08. The topological polar surface area (TPSA) is 60.2 Å². The van der Waals surface area contributed by atoms with Crippen molar-refractivity contribution in [1.82, 2.24) is 4.98 Å². The fraction of sp³-hybridized carbons (Fsp3) is 0.417. The molecular formula is C12H15N3OS. The summed E-state index contributed by atoms with van der Waals surface area (Å²) in [5.74, 6) is 0. The van der Waals surface area contributed by atoms with Crippen LogP contribution in [0.15, 0.2) is 17.6 Å². The molecule has 1 aromatic carbocycles. The van der Waals surface area contributed by atoms with Crippen molar-refractivity contribution in [2.45, 2.75) is 18.9 Å². The highest BCUT2D eigenvalue weighted by atomic mass is 32.1. The summed E-state index contributed by atoms with van der Waals surface area (Å²) in [6.45, 7) is 1.70. The number of hydrogen-bond acceptors (Lipinski definition) is 5. The maximum absolute atomic E-state index is 6.09. The van der Waals surface area contributed by atoms with Crippen molar-refractivity contribution in [3.05, 3.63) is 17.6 Å². The Hall–Kier alpha value is -1.33. The Morgan fingerprint density at radius 1 is 1.53 bits per heavy atom. The first-order chi connectivity index (χ1) is 8.34. The molecule has 0 amide bonds. The number of fused-ring (bicyclic) bond motifs is 1. The lowest BCUT2D eigenvalue weighted by molar-refractivity contribution is 0.120. The van der Waals surface area contributed by atoms with Crippen LogP contribution in [0.2, 0.25) is 0 Å². The average molecular weight is 249 g/mol. The molecule has 1 saturated heterocycles. The van der Waals surface area contributed by atoms with Crippen molar-refractivity contribution in [2.75, 3.05) is 24.2 Å². The quantitative estimate of drug-likeness (QED) is 0.820. The minimum atomic E-state index is 0.320. The van der Waals surface area contributed by atoms with Gasteiger partial charge in [0, 0.05) is 13.2 Å². The lowest BCUT2D eigenvalue weighted by Gasteiger charge is -2.13. The summed E-state index contributed by atoms with van der Waals surface area (Å²) < 4.78 is 6.70. The first-order valence-electron chi connectivity index (χ1n) is 5.82. The van der Waals surface area contributed by atoms with E-state index in [4.69, 9.17) is 10.5 Å². The van der Waals surface area contributed by atoms with E-state index in [1.165, 1.54) is 0 Å². The molecule has 1 atom stereocenters. The Morgan fingerprint density at radius 3 is 3.29 bits per heavy atom. The summed E-state index contributed by atoms with van der Waals surface area (Å²) in [4.78, 5) is 4.28. The molecule has 4 nitrogen and oxygen atoms in total. The van der Waals surface area contributed by atoms with E-state index < -0.39 is 0 Å². The average Bonchev–Trinajstić information content (AvgIpc) is 2.99. The number of nitrogens with zero attached hydrogens (tertiary/aromatic N) is 1. The zero-order chi connectivity index (χ0) is 11.7. The number of rotatable bonds is 3. The first kappa shape index (κ1) is 10.8. The van der Waals surface area contributed by atoms with Crippen molar-refractivity contribution in [3.8, 4) is 0 Å². The molecule has 90 valence electrons. The molecule has 2 aromatic rings. The molecular weight excluding hydrogens is 234 g/mol. The van der Waals surface area contributed by atoms with Gasteiger partial charge in [-0.25, -0.2) is 4.98 Å². The minimum absolute atomic E-state index is 0.320. The first-order valence-corrected chi connectivity index (χ1v) is 6.70. The largest absolute Gasteiger partial charge is 0.395 e. The van der Waals surface area contributed by atoms with Gasteiger partial charge in [-0.15, -0.1) is 11.3 Å². The molecule has 1 aliphatic rings. The molecule has 1 unspecified atom stereocenters. The lowest BCUT2D eigenvalue weighted by atomic mass is 10.2. The molecule has 1 fully saturated rings. The van der Waals surface area contributed by atoms with E-state index in [0.717, 1.165) is 47.6 Å². The van der Waals surface area contributed by atoms with Gasteiger partial charge < -0.3 is 15.8 Å². The molecule has 5 heteroatoms. The maximum Gasteiger partial charge on any atom is 0.106 e. The van der Waals surface area contributed by atoms with Gasteiger partial charge in [0.25, 0.3) is 0 Å². The van der Waals surface area contributed by atoms with Crippen LogP contribution in [0.1, 0.15) is 12.8 Å². The van der Waals surface area contributed by atoms with Crippen molar-refractivity contribution in [1.29, 1.82) is 0 Å². The monoisotopic (exact) mass is 249 g/mol. The van der Waals surface area contributed by atoms with E-state index in [2.05, 4.69) is 16.4 Å². The summed E-state index contributed by atoms with van der Waals surface area (Å²) in [5, 5.41) is 3.35. The predicted molar refractivity (Wildman–Crippen MR) is 71.5 cm³/mol. The zero-order valence-electron chi connectivity index (χ0n) is 9.48. The number of aromatic nitrogens is 1. The molecule has 0 aliphatic carbocycles. The van der Waals surface area contributed by atoms with Crippen molar-refractivity contribution >= 4 is 32.9 Å². The highest BCUT2D eigenvalue weighted by molar-refractivity contribution is 7.16. The fourth-order valence-corrected chi connectivity index (χ4v) is 2.83. The Morgan fingerprint density at radius 2 is 2.47 bits per heavy atom. The van der Waals surface area contributed by atoms with E-state index in [-0.39, 0.29) is 0 Å². The zero-order valence-corrected chi connectivity index (χ0v) is 10.3. The number of thiazole rings is 1. The molecule has 2 heterocycles. The smallest absolute Gasteiger partial charge is 0.106 e. The van der Waals surface area contributed by atoms with Gasteiger partial charge in [-0.1, -0.05) is 0 Å². The van der Waals surface area contributed by atoms with Crippen molar-refractivity contribution < 1.29 is 4.74 Å². The van der Waals surface area contributed by atoms with Gasteiger partial charge in [0.05, 0.1) is 27.7 Å². The van der Waals surface area contributed by atoms with Crippen LogP contribution in [0.25, 0.3) is 10.2 Å². The molecule has 1 aliphatic heterocycles. The summed E-state index contributed by atoms with van der Waals surface area (Å²) in [7, 11) is 0. The minimum Gasteiger partial charge on any atom is -0.395 e. The van der Waals surface area contributed by atoms with E-state index in [1.807, 2.05) is 11.6 Å². The van der Waals surface area contributed by atoms with E-state index in [1.54, 1.807) is 11.3 Å². The molecule has 1 aromatic heterocycles. The van der Waals surface area contributed by atoms with E-state index >= 15 is 0 Å². The number of hydrogen-bond donors (Lipinski definition) is 2. The van der Waals surface area contributed by atoms with Gasteiger partial charge in [-0.2, -0.15) is 0 Å². The molecule has 3 N–H and O–H groups in total. The number of nitrogens with two attached hydrogens (primary N) is 1. The predicted octanol–water partition coefficient (Wildman–Crippen LogP) is 2.47. The summed E-state index contributed by atoms with van der Waals surface area (Å²) in [6, 6.07) is 4.08. The summed E-state index contributed by atoms with van der Waals surface area (Å²) in [5.41, 5.74) is 10.5. The Bertz CT molecular complexity index is 519. The highest BCUT2D eigenvalue weighted by Crippen LogP contribution is 2.30. The standard InChI is InChI=1S/C12H15N3OS/c13-11-9(14-6-8-2-1-5-16-8)3-4-10-12(11)15-7-17-10/h3-4,7-8,14H,1-2,5-6,13H2. The second-order valence-corrected chi connectivity index (χ2v) is 5.13. The molecule has 0 bridgehead atoms. The summed E-state index contributed by atoms with van der Waals surface area (Å²) >= 11 is 1.61. The van der Waals surface area contributed by atoms with E-state index in [0.29, 0.717) is 6.10 Å². The molecule has 17 heavy (non-hydrogen) atoms. The normalized spacial score (nSPS) is 19.9. The number of anilines is 2. The van der Waals surface area contributed by atoms with Crippen LogP contribution in [-0.2, 0) is 4.74 Å². The fourth-order valence-electron chi connectivity index (χ4n) is 2.14. The Kier molecular flexibility index (Phi) is 2.86. The van der Waals surface area contributed by atoms with Crippen molar-refractivity contribution in [2.24, 2.45) is 0 Å². The van der Waals surface area contributed by atoms with Crippen LogP contribution in [0.3, 0.4) is 0 Å². The molecule has 0 saturated carbocycles. The van der Waals surface area contributed by atoms with E-state index in [9.17, 15) is 0 Å². The molecule has 0 spiro atoms. The van der Waals surface area contributed by atoms with Crippen molar-refractivity contribution in [3.63, 3.8) is 0 Å². The number of nitrogens with one attached hydrogen (secondary N) is 1.